The molecule has 1 saturated carbocycles. The Hall–Kier alpha value is -1.10. The molecule has 0 atom stereocenters. The van der Waals surface area contributed by atoms with Gasteiger partial charge in [0.05, 0.1) is 12.3 Å². The number of carbonyl (C=O) groups is 1. The molecule has 4 nitrogen and oxygen atoms in total. The molecule has 98 valence electrons. The van der Waals surface area contributed by atoms with Crippen molar-refractivity contribution in [2.75, 3.05) is 6.61 Å². The van der Waals surface area contributed by atoms with Gasteiger partial charge in [-0.05, 0) is 41.8 Å². The van der Waals surface area contributed by atoms with E-state index in [1.807, 2.05) is 0 Å². The van der Waals surface area contributed by atoms with Crippen LogP contribution in [0.5, 0.6) is 5.88 Å². The van der Waals surface area contributed by atoms with E-state index in [-0.39, 0.29) is 18.1 Å². The minimum atomic E-state index is -0.541. The lowest BCUT2D eigenvalue weighted by atomic mass is 10.0. The summed E-state index contributed by atoms with van der Waals surface area (Å²) >= 11 is 3.43. The first kappa shape index (κ1) is 13.3. The average Bonchev–Trinajstić information content (AvgIpc) is 2.85. The normalized spacial score (nSPS) is 15.9. The number of carbonyl (C=O) groups excluding carboxylic acids is 1. The lowest BCUT2D eigenvalue weighted by molar-refractivity contribution is 0.0522. The zero-order valence-corrected chi connectivity index (χ0v) is 11.9. The van der Waals surface area contributed by atoms with Crippen LogP contribution in [0.3, 0.4) is 0 Å². The van der Waals surface area contributed by atoms with Gasteiger partial charge in [0.2, 0.25) is 5.88 Å². The molecule has 18 heavy (non-hydrogen) atoms. The highest BCUT2D eigenvalue weighted by atomic mass is 79.9. The summed E-state index contributed by atoms with van der Waals surface area (Å²) in [7, 11) is 0. The van der Waals surface area contributed by atoms with Gasteiger partial charge in [-0.25, -0.2) is 9.78 Å². The van der Waals surface area contributed by atoms with Gasteiger partial charge in [-0.1, -0.05) is 12.8 Å². The van der Waals surface area contributed by atoms with Crippen molar-refractivity contribution in [3.8, 4) is 5.88 Å². The van der Waals surface area contributed by atoms with Crippen LogP contribution in [-0.4, -0.2) is 22.7 Å². The van der Waals surface area contributed by atoms with Crippen LogP contribution in [0.1, 0.15) is 54.6 Å². The molecule has 2 rings (SSSR count). The minimum absolute atomic E-state index is 0.116. The fraction of sp³-hybridized carbons (Fsp3) is 0.538. The maximum Gasteiger partial charge on any atom is 0.343 e. The summed E-state index contributed by atoms with van der Waals surface area (Å²) < 4.78 is 5.64. The first-order valence-corrected chi connectivity index (χ1v) is 6.99. The standard InChI is InChI=1S/C13H16BrNO3/c1-2-18-13(17)9-7-10(14)11(15-12(9)16)8-5-3-4-6-8/h7-8H,2-6H2,1H3,(H,15,16). The monoisotopic (exact) mass is 313 g/mol. The molecular weight excluding hydrogens is 298 g/mol. The molecule has 0 aromatic carbocycles. The zero-order valence-electron chi connectivity index (χ0n) is 10.3. The number of nitrogens with zero attached hydrogens (tertiary/aromatic N) is 1. The quantitative estimate of drug-likeness (QED) is 0.869. The van der Waals surface area contributed by atoms with E-state index in [0.29, 0.717) is 5.92 Å². The topological polar surface area (TPSA) is 59.4 Å². The number of ether oxygens (including phenoxy) is 1. The first-order chi connectivity index (χ1) is 8.63. The maximum atomic E-state index is 11.6. The van der Waals surface area contributed by atoms with Crippen LogP contribution in [0.2, 0.25) is 0 Å². The SMILES string of the molecule is CCOC(=O)c1cc(Br)c(C2CCCC2)nc1O. The van der Waals surface area contributed by atoms with E-state index in [1.165, 1.54) is 12.8 Å². The molecule has 5 heteroatoms. The van der Waals surface area contributed by atoms with Gasteiger partial charge in [-0.3, -0.25) is 0 Å². The molecule has 1 N–H and O–H groups in total. The van der Waals surface area contributed by atoms with E-state index in [2.05, 4.69) is 20.9 Å². The second-order valence-corrected chi connectivity index (χ2v) is 5.28. The molecule has 1 heterocycles. The third-order valence-electron chi connectivity index (χ3n) is 3.22. The molecule has 1 aromatic rings. The molecule has 0 amide bonds. The van der Waals surface area contributed by atoms with Crippen LogP contribution >= 0.6 is 15.9 Å². The molecule has 1 aromatic heterocycles. The van der Waals surface area contributed by atoms with Crippen molar-refractivity contribution >= 4 is 21.9 Å². The number of hydrogen-bond donors (Lipinski definition) is 1. The fourth-order valence-electron chi connectivity index (χ4n) is 2.34. The summed E-state index contributed by atoms with van der Waals surface area (Å²) in [4.78, 5) is 15.8. The van der Waals surface area contributed by atoms with Gasteiger partial charge in [-0.15, -0.1) is 0 Å². The number of pyridine rings is 1. The molecular formula is C13H16BrNO3. The van der Waals surface area contributed by atoms with Gasteiger partial charge in [0.15, 0.2) is 0 Å². The smallest absolute Gasteiger partial charge is 0.343 e. The van der Waals surface area contributed by atoms with Gasteiger partial charge in [-0.2, -0.15) is 0 Å². The Morgan fingerprint density at radius 1 is 1.56 bits per heavy atom. The van der Waals surface area contributed by atoms with Crippen molar-refractivity contribution in [3.63, 3.8) is 0 Å². The van der Waals surface area contributed by atoms with Crippen LogP contribution in [-0.2, 0) is 4.74 Å². The van der Waals surface area contributed by atoms with Crippen LogP contribution in [0, 0.1) is 0 Å². The molecule has 0 saturated heterocycles. The number of halogens is 1. The summed E-state index contributed by atoms with van der Waals surface area (Å²) in [5.41, 5.74) is 0.962. The number of aromatic hydroxyl groups is 1. The summed E-state index contributed by atoms with van der Waals surface area (Å²) in [6.45, 7) is 2.00. The lowest BCUT2D eigenvalue weighted by Crippen LogP contribution is -2.08. The molecule has 1 fully saturated rings. The van der Waals surface area contributed by atoms with E-state index in [9.17, 15) is 9.90 Å². The van der Waals surface area contributed by atoms with Crippen molar-refractivity contribution in [1.82, 2.24) is 4.98 Å². The van der Waals surface area contributed by atoms with Gasteiger partial charge in [0.25, 0.3) is 0 Å². The molecule has 0 spiro atoms. The van der Waals surface area contributed by atoms with Crippen molar-refractivity contribution in [2.24, 2.45) is 0 Å². The average molecular weight is 314 g/mol. The summed E-state index contributed by atoms with van der Waals surface area (Å²) in [5, 5.41) is 9.84. The highest BCUT2D eigenvalue weighted by Gasteiger charge is 2.24. The lowest BCUT2D eigenvalue weighted by Gasteiger charge is -2.13. The molecule has 1 aliphatic rings. The summed E-state index contributed by atoms with van der Waals surface area (Å²) in [6.07, 6.45) is 4.56. The van der Waals surface area contributed by atoms with Gasteiger partial charge in [0, 0.05) is 10.4 Å². The van der Waals surface area contributed by atoms with Gasteiger partial charge in [0.1, 0.15) is 5.56 Å². The molecule has 0 radical (unpaired) electrons. The van der Waals surface area contributed by atoms with Crippen LogP contribution in [0.15, 0.2) is 10.5 Å². The summed E-state index contributed by atoms with van der Waals surface area (Å²) in [5.74, 6) is -0.402. The van der Waals surface area contributed by atoms with Gasteiger partial charge < -0.3 is 9.84 Å². The van der Waals surface area contributed by atoms with E-state index in [1.54, 1.807) is 13.0 Å². The maximum absolute atomic E-state index is 11.6. The third kappa shape index (κ3) is 2.66. The highest BCUT2D eigenvalue weighted by Crippen LogP contribution is 2.38. The Kier molecular flexibility index (Phi) is 4.22. The first-order valence-electron chi connectivity index (χ1n) is 6.20. The molecule has 0 aliphatic heterocycles. The number of esters is 1. The van der Waals surface area contributed by atoms with E-state index < -0.39 is 5.97 Å². The number of rotatable bonds is 3. The molecule has 1 aliphatic carbocycles. The number of hydrogen-bond acceptors (Lipinski definition) is 4. The van der Waals surface area contributed by atoms with Crippen molar-refractivity contribution in [1.29, 1.82) is 0 Å². The second-order valence-electron chi connectivity index (χ2n) is 4.43. The predicted molar refractivity (Wildman–Crippen MR) is 70.8 cm³/mol. The van der Waals surface area contributed by atoms with Crippen molar-refractivity contribution in [3.05, 3.63) is 21.8 Å². The van der Waals surface area contributed by atoms with E-state index >= 15 is 0 Å². The van der Waals surface area contributed by atoms with Crippen LogP contribution in [0.4, 0.5) is 0 Å². The van der Waals surface area contributed by atoms with E-state index in [4.69, 9.17) is 4.74 Å². The van der Waals surface area contributed by atoms with Gasteiger partial charge >= 0.3 is 5.97 Å². The van der Waals surface area contributed by atoms with E-state index in [0.717, 1.165) is 23.0 Å². The zero-order chi connectivity index (χ0) is 13.1. The largest absolute Gasteiger partial charge is 0.493 e. The van der Waals surface area contributed by atoms with Crippen LogP contribution < -0.4 is 0 Å². The Bertz CT molecular complexity index is 456. The Morgan fingerprint density at radius 2 is 2.22 bits per heavy atom. The Morgan fingerprint density at radius 3 is 2.83 bits per heavy atom. The Labute approximate surface area is 115 Å². The fourth-order valence-corrected chi connectivity index (χ4v) is 2.98. The molecule has 0 bridgehead atoms. The third-order valence-corrected chi connectivity index (χ3v) is 3.86. The van der Waals surface area contributed by atoms with Crippen molar-refractivity contribution < 1.29 is 14.6 Å². The second kappa shape index (κ2) is 5.69. The minimum Gasteiger partial charge on any atom is -0.493 e. The predicted octanol–water partition coefficient (Wildman–Crippen LogP) is 3.38. The van der Waals surface area contributed by atoms with Crippen molar-refractivity contribution in [2.45, 2.75) is 38.5 Å². The number of aromatic nitrogens is 1. The molecule has 0 unspecified atom stereocenters. The van der Waals surface area contributed by atoms with Crippen LogP contribution in [0.25, 0.3) is 0 Å². The summed E-state index contributed by atoms with van der Waals surface area (Å²) in [6, 6.07) is 1.61. The Balaban J connectivity index is 2.31. The highest BCUT2D eigenvalue weighted by molar-refractivity contribution is 9.10.